The first-order valence-electron chi connectivity index (χ1n) is 9.39. The second kappa shape index (κ2) is 6.91. The monoisotopic (exact) mass is 382 g/mol. The number of H-pyrrole nitrogens is 1. The lowest BCUT2D eigenvalue weighted by Gasteiger charge is -2.24. The number of fused-ring (bicyclic) bond motifs is 2. The van der Waals surface area contributed by atoms with E-state index in [1.54, 1.807) is 29.3 Å². The maximum Gasteiger partial charge on any atom is 0.255 e. The van der Waals surface area contributed by atoms with E-state index >= 15 is 0 Å². The Labute approximate surface area is 167 Å². The smallest absolute Gasteiger partial charge is 0.255 e. The predicted molar refractivity (Wildman–Crippen MR) is 110 cm³/mol. The molecule has 1 aliphatic rings. The van der Waals surface area contributed by atoms with Gasteiger partial charge in [0.05, 0.1) is 6.04 Å². The zero-order valence-electron chi connectivity index (χ0n) is 15.5. The summed E-state index contributed by atoms with van der Waals surface area (Å²) in [4.78, 5) is 34.9. The Balaban J connectivity index is 1.53. The molecule has 6 nitrogen and oxygen atoms in total. The minimum atomic E-state index is -0.329. The molecule has 1 aliphatic heterocycles. The van der Waals surface area contributed by atoms with Gasteiger partial charge in [-0.15, -0.1) is 0 Å². The number of amides is 2. The van der Waals surface area contributed by atoms with Crippen LogP contribution in [-0.2, 0) is 4.79 Å². The summed E-state index contributed by atoms with van der Waals surface area (Å²) in [6.45, 7) is -0.0612. The fourth-order valence-corrected chi connectivity index (χ4v) is 3.96. The largest absolute Gasteiger partial charge is 0.361 e. The van der Waals surface area contributed by atoms with Crippen molar-refractivity contribution in [3.8, 4) is 0 Å². The third-order valence-corrected chi connectivity index (χ3v) is 5.22. The lowest BCUT2D eigenvalue weighted by atomic mass is 9.97. The molecule has 6 heteroatoms. The van der Waals surface area contributed by atoms with Crippen LogP contribution in [0, 0.1) is 0 Å². The maximum atomic E-state index is 13.1. The van der Waals surface area contributed by atoms with E-state index in [9.17, 15) is 9.59 Å². The fraction of sp³-hybridized carbons (Fsp3) is 0.0870. The van der Waals surface area contributed by atoms with Crippen LogP contribution in [0.25, 0.3) is 10.9 Å². The van der Waals surface area contributed by atoms with E-state index in [4.69, 9.17) is 0 Å². The topological polar surface area (TPSA) is 78.1 Å². The van der Waals surface area contributed by atoms with E-state index < -0.39 is 0 Å². The molecule has 0 radical (unpaired) electrons. The number of pyridine rings is 1. The van der Waals surface area contributed by atoms with Crippen molar-refractivity contribution in [2.75, 3.05) is 11.9 Å². The second-order valence-corrected chi connectivity index (χ2v) is 6.98. The van der Waals surface area contributed by atoms with Crippen LogP contribution in [0.5, 0.6) is 0 Å². The van der Waals surface area contributed by atoms with E-state index in [2.05, 4.69) is 15.3 Å². The molecule has 0 saturated carbocycles. The average molecular weight is 382 g/mol. The van der Waals surface area contributed by atoms with Crippen molar-refractivity contribution in [2.24, 2.45) is 0 Å². The number of hydrogen-bond acceptors (Lipinski definition) is 3. The van der Waals surface area contributed by atoms with Crippen molar-refractivity contribution >= 4 is 28.5 Å². The van der Waals surface area contributed by atoms with Crippen molar-refractivity contribution in [2.45, 2.75) is 6.04 Å². The minimum absolute atomic E-state index is 0.0612. The van der Waals surface area contributed by atoms with E-state index in [0.717, 1.165) is 22.0 Å². The number of hydrogen-bond donors (Lipinski definition) is 2. The standard InChI is InChI=1S/C23H18N4O2/c28-21(26-20-11-5-6-12-24-20)14-27-22(16-8-1-2-9-17(16)23(27)29)18-13-25-19-10-4-3-7-15(18)19/h1-13,22,25H,14H2,(H,24,26,28)/t22-/m0/s1. The number of carbonyl (C=O) groups excluding carboxylic acids is 2. The highest BCUT2D eigenvalue weighted by molar-refractivity contribution is 6.03. The number of rotatable bonds is 4. The van der Waals surface area contributed by atoms with Gasteiger partial charge in [-0.2, -0.15) is 0 Å². The van der Waals surface area contributed by atoms with E-state index in [1.807, 2.05) is 54.7 Å². The Hall–Kier alpha value is -3.93. The molecule has 0 aliphatic carbocycles. The van der Waals surface area contributed by atoms with Gasteiger partial charge in [-0.3, -0.25) is 9.59 Å². The summed E-state index contributed by atoms with van der Waals surface area (Å²) < 4.78 is 0. The number of benzene rings is 2. The van der Waals surface area contributed by atoms with Gasteiger partial charge in [0.15, 0.2) is 0 Å². The highest BCUT2D eigenvalue weighted by Gasteiger charge is 2.39. The van der Waals surface area contributed by atoms with Crippen LogP contribution < -0.4 is 5.32 Å². The number of nitrogens with one attached hydrogen (secondary N) is 2. The molecule has 4 aromatic rings. The molecule has 2 N–H and O–H groups in total. The Morgan fingerprint density at radius 1 is 1.00 bits per heavy atom. The molecule has 0 bridgehead atoms. The molecule has 29 heavy (non-hydrogen) atoms. The summed E-state index contributed by atoms with van der Waals surface area (Å²) in [5, 5.41) is 3.81. The predicted octanol–water partition coefficient (Wildman–Crippen LogP) is 3.75. The average Bonchev–Trinajstić information content (AvgIpc) is 3.28. The molecule has 142 valence electrons. The highest BCUT2D eigenvalue weighted by atomic mass is 16.2. The fourth-order valence-electron chi connectivity index (χ4n) is 3.96. The molecule has 0 fully saturated rings. The van der Waals surface area contributed by atoms with Crippen LogP contribution >= 0.6 is 0 Å². The number of para-hydroxylation sites is 1. The quantitative estimate of drug-likeness (QED) is 0.564. The van der Waals surface area contributed by atoms with Crippen LogP contribution in [0.1, 0.15) is 27.5 Å². The van der Waals surface area contributed by atoms with Crippen LogP contribution in [0.2, 0.25) is 0 Å². The third-order valence-electron chi connectivity index (χ3n) is 5.22. The minimum Gasteiger partial charge on any atom is -0.361 e. The zero-order chi connectivity index (χ0) is 19.8. The third kappa shape index (κ3) is 2.95. The first-order chi connectivity index (χ1) is 14.2. The Morgan fingerprint density at radius 2 is 1.79 bits per heavy atom. The summed E-state index contributed by atoms with van der Waals surface area (Å²) in [5.41, 5.74) is 3.52. The van der Waals surface area contributed by atoms with E-state index in [0.29, 0.717) is 11.4 Å². The molecular formula is C23H18N4O2. The molecular weight excluding hydrogens is 364 g/mol. The highest BCUT2D eigenvalue weighted by Crippen LogP contribution is 2.40. The lowest BCUT2D eigenvalue weighted by molar-refractivity contribution is -0.117. The van der Waals surface area contributed by atoms with Crippen LogP contribution in [0.15, 0.2) is 79.1 Å². The molecule has 0 saturated heterocycles. The van der Waals surface area contributed by atoms with Crippen LogP contribution in [0.3, 0.4) is 0 Å². The van der Waals surface area contributed by atoms with Gasteiger partial charge in [-0.05, 0) is 29.8 Å². The maximum absolute atomic E-state index is 13.1. The summed E-state index contributed by atoms with van der Waals surface area (Å²) in [7, 11) is 0. The Morgan fingerprint density at radius 3 is 2.66 bits per heavy atom. The number of aromatic amines is 1. The number of nitrogens with zero attached hydrogens (tertiary/aromatic N) is 2. The van der Waals surface area contributed by atoms with Gasteiger partial charge in [0.2, 0.25) is 5.91 Å². The molecule has 3 heterocycles. The molecule has 2 amide bonds. The Bertz CT molecular complexity index is 1220. The molecule has 2 aromatic carbocycles. The van der Waals surface area contributed by atoms with Crippen molar-refractivity contribution in [3.63, 3.8) is 0 Å². The Kier molecular flexibility index (Phi) is 4.09. The first kappa shape index (κ1) is 17.2. The van der Waals surface area contributed by atoms with Gasteiger partial charge in [0.25, 0.3) is 5.91 Å². The number of anilines is 1. The normalized spacial score (nSPS) is 15.5. The van der Waals surface area contributed by atoms with Gasteiger partial charge in [0, 0.05) is 34.4 Å². The number of carbonyl (C=O) groups is 2. The van der Waals surface area contributed by atoms with Crippen molar-refractivity contribution in [1.29, 1.82) is 0 Å². The molecule has 0 spiro atoms. The first-order valence-corrected chi connectivity index (χ1v) is 9.39. The summed E-state index contributed by atoms with van der Waals surface area (Å²) >= 11 is 0. The van der Waals surface area contributed by atoms with Gasteiger partial charge >= 0.3 is 0 Å². The molecule has 5 rings (SSSR count). The summed E-state index contributed by atoms with van der Waals surface area (Å²) in [5.74, 6) is 0.0343. The van der Waals surface area contributed by atoms with Crippen molar-refractivity contribution in [3.05, 3.63) is 95.8 Å². The van der Waals surface area contributed by atoms with Crippen molar-refractivity contribution < 1.29 is 9.59 Å². The van der Waals surface area contributed by atoms with Gasteiger partial charge in [-0.1, -0.05) is 42.5 Å². The van der Waals surface area contributed by atoms with Crippen molar-refractivity contribution in [1.82, 2.24) is 14.9 Å². The molecule has 0 unspecified atom stereocenters. The van der Waals surface area contributed by atoms with Crippen LogP contribution in [-0.4, -0.2) is 33.2 Å². The summed E-state index contributed by atoms with van der Waals surface area (Å²) in [6, 6.07) is 20.5. The number of aromatic nitrogens is 2. The van der Waals surface area contributed by atoms with E-state index in [-0.39, 0.29) is 24.4 Å². The van der Waals surface area contributed by atoms with Gasteiger partial charge < -0.3 is 15.2 Å². The SMILES string of the molecule is O=C(CN1C(=O)c2ccccc2[C@H]1c1c[nH]c2ccccc12)Nc1ccccn1. The molecule has 2 aromatic heterocycles. The zero-order valence-corrected chi connectivity index (χ0v) is 15.5. The van der Waals surface area contributed by atoms with E-state index in [1.165, 1.54) is 0 Å². The van der Waals surface area contributed by atoms with Gasteiger partial charge in [0.1, 0.15) is 12.4 Å². The van der Waals surface area contributed by atoms with Gasteiger partial charge in [-0.25, -0.2) is 4.98 Å². The van der Waals surface area contributed by atoms with Crippen LogP contribution in [0.4, 0.5) is 5.82 Å². The molecule has 1 atom stereocenters. The second-order valence-electron chi connectivity index (χ2n) is 6.98. The lowest BCUT2D eigenvalue weighted by Crippen LogP contribution is -2.36. The summed E-state index contributed by atoms with van der Waals surface area (Å²) in [6.07, 6.45) is 3.54.